The molecule has 0 aromatic heterocycles. The Morgan fingerprint density at radius 2 is 1.69 bits per heavy atom. The summed E-state index contributed by atoms with van der Waals surface area (Å²) in [6.45, 7) is 12.0. The van der Waals surface area contributed by atoms with E-state index in [1.54, 1.807) is 0 Å². The van der Waals surface area contributed by atoms with Crippen LogP contribution in [0.5, 0.6) is 0 Å². The fourth-order valence-corrected chi connectivity index (χ4v) is 1.24. The molecule has 0 aromatic carbocycles. The Morgan fingerprint density at radius 1 is 0.938 bits per heavy atom. The number of hydrogen-bond acceptors (Lipinski definition) is 3. The molecule has 98 valence electrons. The van der Waals surface area contributed by atoms with Crippen molar-refractivity contribution in [3.8, 4) is 0 Å². The highest BCUT2D eigenvalue weighted by Crippen LogP contribution is 1.91. The molecule has 0 unspecified atom stereocenters. The first kappa shape index (κ1) is 15.9. The van der Waals surface area contributed by atoms with Crippen molar-refractivity contribution in [2.45, 2.75) is 40.0 Å². The zero-order chi connectivity index (χ0) is 12.1. The van der Waals surface area contributed by atoms with Gasteiger partial charge in [0, 0.05) is 26.4 Å². The third-order valence-electron chi connectivity index (χ3n) is 2.16. The maximum absolute atomic E-state index is 5.46. The highest BCUT2D eigenvalue weighted by atomic mass is 16.5. The summed E-state index contributed by atoms with van der Waals surface area (Å²) in [6.07, 6.45) is 3.48. The molecule has 0 radical (unpaired) electrons. The number of rotatable bonds is 12. The van der Waals surface area contributed by atoms with E-state index in [1.807, 2.05) is 0 Å². The second-order valence-corrected chi connectivity index (χ2v) is 4.54. The molecule has 1 N–H and O–H groups in total. The lowest BCUT2D eigenvalue weighted by Crippen LogP contribution is -2.22. The molecular weight excluding hydrogens is 202 g/mol. The van der Waals surface area contributed by atoms with Crippen LogP contribution >= 0.6 is 0 Å². The van der Waals surface area contributed by atoms with Gasteiger partial charge in [-0.2, -0.15) is 0 Å². The van der Waals surface area contributed by atoms with Crippen molar-refractivity contribution in [1.29, 1.82) is 0 Å². The van der Waals surface area contributed by atoms with E-state index in [-0.39, 0.29) is 0 Å². The number of hydrogen-bond donors (Lipinski definition) is 1. The van der Waals surface area contributed by atoms with Crippen molar-refractivity contribution in [3.63, 3.8) is 0 Å². The topological polar surface area (TPSA) is 30.5 Å². The molecule has 0 bridgehead atoms. The zero-order valence-electron chi connectivity index (χ0n) is 11.3. The molecule has 16 heavy (non-hydrogen) atoms. The first-order valence-electron chi connectivity index (χ1n) is 6.63. The first-order valence-corrected chi connectivity index (χ1v) is 6.63. The van der Waals surface area contributed by atoms with E-state index in [4.69, 9.17) is 9.47 Å². The Morgan fingerprint density at radius 3 is 2.38 bits per heavy atom. The van der Waals surface area contributed by atoms with Crippen molar-refractivity contribution in [3.05, 3.63) is 0 Å². The summed E-state index contributed by atoms with van der Waals surface area (Å²) >= 11 is 0. The number of unbranched alkanes of at least 4 members (excludes halogenated alkanes) is 1. The molecule has 0 atom stereocenters. The Balaban J connectivity index is 2.88. The smallest absolute Gasteiger partial charge is 0.0591 e. The van der Waals surface area contributed by atoms with Gasteiger partial charge in [0.2, 0.25) is 0 Å². The third-order valence-corrected chi connectivity index (χ3v) is 2.16. The predicted octanol–water partition coefficient (Wildman–Crippen LogP) is 2.46. The van der Waals surface area contributed by atoms with Crippen LogP contribution < -0.4 is 5.32 Å². The minimum absolute atomic E-state index is 0.631. The summed E-state index contributed by atoms with van der Waals surface area (Å²) < 4.78 is 10.9. The highest BCUT2D eigenvalue weighted by Gasteiger charge is 1.93. The summed E-state index contributed by atoms with van der Waals surface area (Å²) in [4.78, 5) is 0. The molecule has 0 rings (SSSR count). The normalized spacial score (nSPS) is 11.2. The molecule has 0 fully saturated rings. The van der Waals surface area contributed by atoms with E-state index < -0.39 is 0 Å². The molecule has 3 heteroatoms. The molecule has 0 aromatic rings. The van der Waals surface area contributed by atoms with Crippen LogP contribution in [0.4, 0.5) is 0 Å². The van der Waals surface area contributed by atoms with Crippen LogP contribution in [-0.4, -0.2) is 39.5 Å². The minimum Gasteiger partial charge on any atom is -0.381 e. The Kier molecular flexibility index (Phi) is 12.9. The van der Waals surface area contributed by atoms with Gasteiger partial charge in [-0.15, -0.1) is 0 Å². The number of ether oxygens (including phenoxy) is 2. The molecule has 0 saturated heterocycles. The Labute approximate surface area is 101 Å². The quantitative estimate of drug-likeness (QED) is 0.523. The Bertz CT molecular complexity index is 129. The SMILES string of the molecule is CCCCOCCCNCCOCC(C)C. The van der Waals surface area contributed by atoms with Gasteiger partial charge in [-0.05, 0) is 25.3 Å². The summed E-state index contributed by atoms with van der Waals surface area (Å²) in [6, 6.07) is 0. The van der Waals surface area contributed by atoms with Gasteiger partial charge in [0.05, 0.1) is 6.61 Å². The van der Waals surface area contributed by atoms with Crippen molar-refractivity contribution in [2.75, 3.05) is 39.5 Å². The standard InChI is InChI=1S/C13H29NO2/c1-4-5-9-15-10-6-7-14-8-11-16-12-13(2)3/h13-14H,4-12H2,1-3H3. The molecule has 3 nitrogen and oxygen atoms in total. The van der Waals surface area contributed by atoms with Gasteiger partial charge >= 0.3 is 0 Å². The van der Waals surface area contributed by atoms with Gasteiger partial charge in [0.1, 0.15) is 0 Å². The second kappa shape index (κ2) is 12.9. The molecule has 0 spiro atoms. The van der Waals surface area contributed by atoms with E-state index >= 15 is 0 Å². The minimum atomic E-state index is 0.631. The van der Waals surface area contributed by atoms with Gasteiger partial charge in [-0.1, -0.05) is 27.2 Å². The van der Waals surface area contributed by atoms with Gasteiger partial charge in [0.15, 0.2) is 0 Å². The lowest BCUT2D eigenvalue weighted by molar-refractivity contribution is 0.109. The highest BCUT2D eigenvalue weighted by molar-refractivity contribution is 4.47. The van der Waals surface area contributed by atoms with Crippen LogP contribution in [-0.2, 0) is 9.47 Å². The lowest BCUT2D eigenvalue weighted by Gasteiger charge is -2.08. The first-order chi connectivity index (χ1) is 7.77. The average Bonchev–Trinajstić information content (AvgIpc) is 2.25. The summed E-state index contributed by atoms with van der Waals surface area (Å²) in [5.41, 5.74) is 0. The molecule has 0 saturated carbocycles. The van der Waals surface area contributed by atoms with Crippen molar-refractivity contribution in [1.82, 2.24) is 5.32 Å². The maximum Gasteiger partial charge on any atom is 0.0591 e. The summed E-state index contributed by atoms with van der Waals surface area (Å²) in [5.74, 6) is 0.631. The van der Waals surface area contributed by atoms with Crippen molar-refractivity contribution < 1.29 is 9.47 Å². The summed E-state index contributed by atoms with van der Waals surface area (Å²) in [7, 11) is 0. The predicted molar refractivity (Wildman–Crippen MR) is 68.9 cm³/mol. The molecule has 0 aliphatic carbocycles. The van der Waals surface area contributed by atoms with Gasteiger partial charge in [-0.3, -0.25) is 0 Å². The van der Waals surface area contributed by atoms with E-state index in [0.717, 1.165) is 45.9 Å². The maximum atomic E-state index is 5.46. The Hall–Kier alpha value is -0.120. The molecule has 0 aliphatic rings. The van der Waals surface area contributed by atoms with Gasteiger partial charge in [-0.25, -0.2) is 0 Å². The number of nitrogens with one attached hydrogen (secondary N) is 1. The monoisotopic (exact) mass is 231 g/mol. The van der Waals surface area contributed by atoms with Crippen molar-refractivity contribution >= 4 is 0 Å². The van der Waals surface area contributed by atoms with E-state index in [1.165, 1.54) is 12.8 Å². The zero-order valence-corrected chi connectivity index (χ0v) is 11.3. The molecule has 0 heterocycles. The van der Waals surface area contributed by atoms with E-state index in [2.05, 4.69) is 26.1 Å². The van der Waals surface area contributed by atoms with Crippen LogP contribution in [0.2, 0.25) is 0 Å². The second-order valence-electron chi connectivity index (χ2n) is 4.54. The average molecular weight is 231 g/mol. The lowest BCUT2D eigenvalue weighted by atomic mass is 10.2. The van der Waals surface area contributed by atoms with Gasteiger partial charge < -0.3 is 14.8 Å². The fourth-order valence-electron chi connectivity index (χ4n) is 1.24. The molecule has 0 aliphatic heterocycles. The fraction of sp³-hybridized carbons (Fsp3) is 1.00. The molecular formula is C13H29NO2. The van der Waals surface area contributed by atoms with Crippen LogP contribution in [0.15, 0.2) is 0 Å². The van der Waals surface area contributed by atoms with Crippen LogP contribution in [0, 0.1) is 5.92 Å². The van der Waals surface area contributed by atoms with Crippen LogP contribution in [0.1, 0.15) is 40.0 Å². The van der Waals surface area contributed by atoms with Crippen LogP contribution in [0.3, 0.4) is 0 Å². The molecule has 0 amide bonds. The van der Waals surface area contributed by atoms with E-state index in [0.29, 0.717) is 5.92 Å². The van der Waals surface area contributed by atoms with E-state index in [9.17, 15) is 0 Å². The van der Waals surface area contributed by atoms with Crippen molar-refractivity contribution in [2.24, 2.45) is 5.92 Å². The largest absolute Gasteiger partial charge is 0.381 e. The third kappa shape index (κ3) is 13.9. The summed E-state index contributed by atoms with van der Waals surface area (Å²) in [5, 5.41) is 3.35. The van der Waals surface area contributed by atoms with Crippen LogP contribution in [0.25, 0.3) is 0 Å². The van der Waals surface area contributed by atoms with Gasteiger partial charge in [0.25, 0.3) is 0 Å².